The third-order valence-corrected chi connectivity index (χ3v) is 0.544. The number of hydrogen-bond donors (Lipinski definition) is 5. The molecule has 0 atom stereocenters. The van der Waals surface area contributed by atoms with Gasteiger partial charge in [0.25, 0.3) is 0 Å². The van der Waals surface area contributed by atoms with Gasteiger partial charge in [-0.25, -0.2) is 0 Å². The van der Waals surface area contributed by atoms with E-state index in [9.17, 15) is 0 Å². The van der Waals surface area contributed by atoms with Gasteiger partial charge in [0.1, 0.15) is 0 Å². The molecule has 0 aromatic heterocycles. The number of aliphatic hydroxyl groups excluding tert-OH is 1. The van der Waals surface area contributed by atoms with E-state index in [0.717, 1.165) is 0 Å². The number of hydrazine groups is 1. The van der Waals surface area contributed by atoms with Gasteiger partial charge in [0, 0.05) is 13.1 Å². The molecule has 5 heteroatoms. The fourth-order valence-electron chi connectivity index (χ4n) is 0.0962. The molecule has 9 N–H and O–H groups in total. The molecule has 8 heavy (non-hydrogen) atoms. The van der Waals surface area contributed by atoms with Gasteiger partial charge in [-0.15, -0.1) is 0 Å². The molecular weight excluding hydrogens is 108 g/mol. The van der Waals surface area contributed by atoms with Crippen LogP contribution < -0.4 is 23.2 Å². The van der Waals surface area contributed by atoms with Crippen LogP contribution in [0.5, 0.6) is 0 Å². The van der Waals surface area contributed by atoms with Crippen LogP contribution in [-0.2, 0) is 0 Å². The summed E-state index contributed by atoms with van der Waals surface area (Å²) in [7, 11) is 0. The molecule has 0 aliphatic carbocycles. The Hall–Kier alpha value is -0.200. The second-order valence-corrected chi connectivity index (χ2v) is 1.13. The number of hydrogen-bond acceptors (Lipinski definition) is 5. The molecule has 0 bridgehead atoms. The standard InChI is InChI=1S/C3H10N2O.H4N2/c4-1-3(6)2-5;1-2/h3,6H,1-2,4-5H2;1-2H2. The van der Waals surface area contributed by atoms with Crippen LogP contribution in [0.15, 0.2) is 0 Å². The second kappa shape index (κ2) is 9.93. The van der Waals surface area contributed by atoms with Crippen molar-refractivity contribution >= 4 is 0 Å². The minimum Gasteiger partial charge on any atom is -0.390 e. The fraction of sp³-hybridized carbons (Fsp3) is 1.00. The molecule has 0 aromatic rings. The third-order valence-electron chi connectivity index (χ3n) is 0.544. The summed E-state index contributed by atoms with van der Waals surface area (Å²) in [5, 5.41) is 8.42. The summed E-state index contributed by atoms with van der Waals surface area (Å²) in [5.74, 6) is 8.00. The predicted molar refractivity (Wildman–Crippen MR) is 32.5 cm³/mol. The third kappa shape index (κ3) is 9.25. The summed E-state index contributed by atoms with van der Waals surface area (Å²) in [6.07, 6.45) is -0.509. The van der Waals surface area contributed by atoms with E-state index in [0.29, 0.717) is 0 Å². The lowest BCUT2D eigenvalue weighted by Crippen LogP contribution is -2.27. The molecule has 0 amide bonds. The maximum absolute atomic E-state index is 8.42. The van der Waals surface area contributed by atoms with E-state index in [1.165, 1.54) is 0 Å². The molecule has 52 valence electrons. The first-order valence-electron chi connectivity index (χ1n) is 2.22. The average molecular weight is 122 g/mol. The van der Waals surface area contributed by atoms with Crippen molar-refractivity contribution in [2.24, 2.45) is 23.2 Å². The minimum atomic E-state index is -0.509. The van der Waals surface area contributed by atoms with Gasteiger partial charge in [0.05, 0.1) is 6.10 Å². The minimum absolute atomic E-state index is 0.260. The van der Waals surface area contributed by atoms with Crippen molar-refractivity contribution in [2.75, 3.05) is 13.1 Å². The highest BCUT2D eigenvalue weighted by atomic mass is 16.3. The Morgan fingerprint density at radius 2 is 1.38 bits per heavy atom. The van der Waals surface area contributed by atoms with Gasteiger partial charge in [-0.2, -0.15) is 0 Å². The Kier molecular flexibility index (Phi) is 13.3. The molecule has 5 nitrogen and oxygen atoms in total. The lowest BCUT2D eigenvalue weighted by Gasteiger charge is -1.98. The van der Waals surface area contributed by atoms with E-state index < -0.39 is 6.10 Å². The molecule has 0 rings (SSSR count). The number of nitrogens with two attached hydrogens (primary N) is 4. The van der Waals surface area contributed by atoms with Crippen molar-refractivity contribution in [2.45, 2.75) is 6.10 Å². The van der Waals surface area contributed by atoms with Crippen LogP contribution in [0.25, 0.3) is 0 Å². The van der Waals surface area contributed by atoms with Gasteiger partial charge in [0.15, 0.2) is 0 Å². The van der Waals surface area contributed by atoms with E-state index in [2.05, 4.69) is 11.7 Å². The summed E-state index contributed by atoms with van der Waals surface area (Å²) in [6, 6.07) is 0. The van der Waals surface area contributed by atoms with Gasteiger partial charge < -0.3 is 16.6 Å². The molecule has 0 heterocycles. The van der Waals surface area contributed by atoms with Crippen LogP contribution in [0, 0.1) is 0 Å². The lowest BCUT2D eigenvalue weighted by atomic mass is 10.4. The normalized spacial score (nSPS) is 8.25. The summed E-state index contributed by atoms with van der Waals surface area (Å²) < 4.78 is 0. The van der Waals surface area contributed by atoms with Gasteiger partial charge in [-0.05, 0) is 0 Å². The van der Waals surface area contributed by atoms with Gasteiger partial charge in [0.2, 0.25) is 0 Å². The summed E-state index contributed by atoms with van der Waals surface area (Å²) in [5.41, 5.74) is 9.91. The summed E-state index contributed by atoms with van der Waals surface area (Å²) >= 11 is 0. The van der Waals surface area contributed by atoms with Gasteiger partial charge in [-0.3, -0.25) is 11.7 Å². The van der Waals surface area contributed by atoms with E-state index >= 15 is 0 Å². The molecule has 0 unspecified atom stereocenters. The zero-order valence-electron chi connectivity index (χ0n) is 4.75. The maximum Gasteiger partial charge on any atom is 0.0784 e. The summed E-state index contributed by atoms with van der Waals surface area (Å²) in [4.78, 5) is 0. The smallest absolute Gasteiger partial charge is 0.0784 e. The van der Waals surface area contributed by atoms with Crippen LogP contribution in [-0.4, -0.2) is 24.3 Å². The molecular formula is C3H14N4O. The van der Waals surface area contributed by atoms with Gasteiger partial charge >= 0.3 is 0 Å². The largest absolute Gasteiger partial charge is 0.390 e. The van der Waals surface area contributed by atoms with Crippen molar-refractivity contribution in [1.82, 2.24) is 0 Å². The van der Waals surface area contributed by atoms with E-state index in [-0.39, 0.29) is 13.1 Å². The Bertz CT molecular complexity index is 30.5. The predicted octanol–water partition coefficient (Wildman–Crippen LogP) is -2.92. The lowest BCUT2D eigenvalue weighted by molar-refractivity contribution is 0.191. The van der Waals surface area contributed by atoms with E-state index in [4.69, 9.17) is 16.6 Å². The number of aliphatic hydroxyl groups is 1. The first-order chi connectivity index (χ1) is 3.81. The molecule has 0 aliphatic rings. The van der Waals surface area contributed by atoms with Crippen LogP contribution in [0.4, 0.5) is 0 Å². The molecule has 0 saturated heterocycles. The Morgan fingerprint density at radius 3 is 1.38 bits per heavy atom. The van der Waals surface area contributed by atoms with Gasteiger partial charge in [-0.1, -0.05) is 0 Å². The van der Waals surface area contributed by atoms with E-state index in [1.54, 1.807) is 0 Å². The quantitative estimate of drug-likeness (QED) is 0.198. The van der Waals surface area contributed by atoms with Crippen LogP contribution in [0.2, 0.25) is 0 Å². The first kappa shape index (κ1) is 10.7. The Morgan fingerprint density at radius 1 is 1.12 bits per heavy atom. The second-order valence-electron chi connectivity index (χ2n) is 1.13. The zero-order valence-corrected chi connectivity index (χ0v) is 4.75. The van der Waals surface area contributed by atoms with Crippen LogP contribution >= 0.6 is 0 Å². The SMILES string of the molecule is NCC(O)CN.NN. The highest BCUT2D eigenvalue weighted by Gasteiger charge is 1.91. The highest BCUT2D eigenvalue weighted by Crippen LogP contribution is 1.66. The molecule has 0 saturated carbocycles. The van der Waals surface area contributed by atoms with E-state index in [1.807, 2.05) is 0 Å². The van der Waals surface area contributed by atoms with Crippen molar-refractivity contribution in [3.8, 4) is 0 Å². The summed E-state index contributed by atoms with van der Waals surface area (Å²) in [6.45, 7) is 0.521. The highest BCUT2D eigenvalue weighted by molar-refractivity contribution is 4.52. The van der Waals surface area contributed by atoms with Crippen LogP contribution in [0.3, 0.4) is 0 Å². The molecule has 0 fully saturated rings. The molecule has 0 aromatic carbocycles. The van der Waals surface area contributed by atoms with Crippen molar-refractivity contribution < 1.29 is 5.11 Å². The maximum atomic E-state index is 8.42. The Balaban J connectivity index is 0. The number of rotatable bonds is 2. The van der Waals surface area contributed by atoms with Crippen molar-refractivity contribution in [3.63, 3.8) is 0 Å². The fourth-order valence-corrected chi connectivity index (χ4v) is 0.0962. The average Bonchev–Trinajstić information content (AvgIpc) is 1.91. The zero-order chi connectivity index (χ0) is 6.99. The topological polar surface area (TPSA) is 124 Å². The molecule has 0 aliphatic heterocycles. The first-order valence-corrected chi connectivity index (χ1v) is 2.22. The monoisotopic (exact) mass is 122 g/mol. The van der Waals surface area contributed by atoms with Crippen LogP contribution in [0.1, 0.15) is 0 Å². The van der Waals surface area contributed by atoms with Crippen molar-refractivity contribution in [1.29, 1.82) is 0 Å². The Labute approximate surface area is 48.6 Å². The molecule has 0 spiro atoms. The van der Waals surface area contributed by atoms with Crippen molar-refractivity contribution in [3.05, 3.63) is 0 Å². The molecule has 0 radical (unpaired) electrons.